The number of pyridine rings is 1. The number of nitrogens with two attached hydrogens (primary N) is 1. The summed E-state index contributed by atoms with van der Waals surface area (Å²) >= 11 is 3.28. The number of hydrogen-bond donors (Lipinski definition) is 1. The van der Waals surface area contributed by atoms with Crippen molar-refractivity contribution in [2.24, 2.45) is 5.73 Å². The van der Waals surface area contributed by atoms with Gasteiger partial charge in [0, 0.05) is 33.8 Å². The van der Waals surface area contributed by atoms with E-state index in [4.69, 9.17) is 5.73 Å². The third kappa shape index (κ3) is 3.97. The molecule has 0 amide bonds. The Hall–Kier alpha value is -0.260. The molecule has 1 aromatic heterocycles. The second-order valence-electron chi connectivity index (χ2n) is 2.54. The molecule has 72 valence electrons. The third-order valence-corrected chi connectivity index (χ3v) is 3.22. The maximum Gasteiger partial charge on any atom is 0.0659 e. The number of hydrogen-bond acceptors (Lipinski definition) is 3. The van der Waals surface area contributed by atoms with Gasteiger partial charge in [-0.25, -0.2) is 0 Å². The van der Waals surface area contributed by atoms with Crippen LogP contribution in [0, 0.1) is 0 Å². The molecule has 0 bridgehead atoms. The van der Waals surface area contributed by atoms with Crippen molar-refractivity contribution in [2.75, 3.05) is 12.3 Å². The molecule has 0 aliphatic carbocycles. The molecule has 1 unspecified atom stereocenters. The molecular weight excluding hydrogens is 252 g/mol. The fourth-order valence-electron chi connectivity index (χ4n) is 0.860. The number of halogens is 1. The van der Waals surface area contributed by atoms with Gasteiger partial charge in [-0.05, 0) is 28.1 Å². The molecule has 0 fully saturated rings. The molecule has 0 saturated carbocycles. The van der Waals surface area contributed by atoms with Crippen molar-refractivity contribution >= 4 is 26.7 Å². The maximum atomic E-state index is 11.3. The van der Waals surface area contributed by atoms with Crippen molar-refractivity contribution in [1.29, 1.82) is 0 Å². The first kappa shape index (κ1) is 10.8. The minimum atomic E-state index is -0.880. The highest BCUT2D eigenvalue weighted by molar-refractivity contribution is 9.10. The zero-order chi connectivity index (χ0) is 9.68. The Labute approximate surface area is 88.3 Å². The van der Waals surface area contributed by atoms with Crippen LogP contribution in [0.25, 0.3) is 0 Å². The van der Waals surface area contributed by atoms with E-state index < -0.39 is 10.8 Å². The number of nitrogens with zero attached hydrogens (tertiary/aromatic N) is 1. The minimum absolute atomic E-state index is 0.461. The molecule has 1 aromatic rings. The quantitative estimate of drug-likeness (QED) is 0.883. The summed E-state index contributed by atoms with van der Waals surface area (Å²) in [6.45, 7) is 0.461. The molecule has 0 aromatic carbocycles. The standard InChI is InChI=1S/C8H11BrN2OS/c9-7-1-2-8(11-5-7)6-13(12)4-3-10/h1-2,5H,3-4,6,10H2. The van der Waals surface area contributed by atoms with Crippen molar-refractivity contribution in [3.05, 3.63) is 28.5 Å². The van der Waals surface area contributed by atoms with Crippen LogP contribution >= 0.6 is 15.9 Å². The Morgan fingerprint density at radius 3 is 2.85 bits per heavy atom. The summed E-state index contributed by atoms with van der Waals surface area (Å²) in [7, 11) is -0.880. The smallest absolute Gasteiger partial charge is 0.0659 e. The molecule has 0 aliphatic heterocycles. The van der Waals surface area contributed by atoms with E-state index in [1.165, 1.54) is 0 Å². The maximum absolute atomic E-state index is 11.3. The molecule has 5 heteroatoms. The summed E-state index contributed by atoms with van der Waals surface area (Å²) in [5, 5.41) is 0. The van der Waals surface area contributed by atoms with Crippen LogP contribution in [0.5, 0.6) is 0 Å². The summed E-state index contributed by atoms with van der Waals surface area (Å²) in [5.74, 6) is 1.03. The molecule has 0 spiro atoms. The van der Waals surface area contributed by atoms with Crippen LogP contribution in [0.4, 0.5) is 0 Å². The number of rotatable bonds is 4. The molecule has 1 rings (SSSR count). The molecule has 0 saturated heterocycles. The van der Waals surface area contributed by atoms with Gasteiger partial charge in [0.1, 0.15) is 0 Å². The normalized spacial score (nSPS) is 12.8. The van der Waals surface area contributed by atoms with E-state index >= 15 is 0 Å². The van der Waals surface area contributed by atoms with Crippen LogP contribution in [-0.4, -0.2) is 21.5 Å². The fraction of sp³-hybridized carbons (Fsp3) is 0.375. The minimum Gasteiger partial charge on any atom is -0.330 e. The van der Waals surface area contributed by atoms with Gasteiger partial charge in [-0.15, -0.1) is 0 Å². The van der Waals surface area contributed by atoms with Crippen LogP contribution in [0.1, 0.15) is 5.69 Å². The molecular formula is C8H11BrN2OS. The van der Waals surface area contributed by atoms with Crippen molar-refractivity contribution in [3.63, 3.8) is 0 Å². The molecule has 0 radical (unpaired) electrons. The zero-order valence-corrected chi connectivity index (χ0v) is 9.47. The topological polar surface area (TPSA) is 56.0 Å². The van der Waals surface area contributed by atoms with Gasteiger partial charge in [0.05, 0.1) is 11.4 Å². The second kappa shape index (κ2) is 5.47. The average Bonchev–Trinajstić information content (AvgIpc) is 2.09. The predicted octanol–water partition coefficient (Wildman–Crippen LogP) is 1.05. The highest BCUT2D eigenvalue weighted by Crippen LogP contribution is 2.08. The van der Waals surface area contributed by atoms with E-state index in [0.29, 0.717) is 18.1 Å². The van der Waals surface area contributed by atoms with Gasteiger partial charge in [0.2, 0.25) is 0 Å². The fourth-order valence-corrected chi connectivity index (χ4v) is 2.00. The van der Waals surface area contributed by atoms with Gasteiger partial charge in [-0.3, -0.25) is 9.19 Å². The largest absolute Gasteiger partial charge is 0.330 e. The predicted molar refractivity (Wildman–Crippen MR) is 57.7 cm³/mol. The first-order chi connectivity index (χ1) is 6.22. The van der Waals surface area contributed by atoms with Crippen molar-refractivity contribution in [3.8, 4) is 0 Å². The van der Waals surface area contributed by atoms with E-state index in [1.54, 1.807) is 6.20 Å². The molecule has 2 N–H and O–H groups in total. The lowest BCUT2D eigenvalue weighted by Crippen LogP contribution is -2.11. The Kier molecular flexibility index (Phi) is 4.55. The van der Waals surface area contributed by atoms with Crippen LogP contribution in [-0.2, 0) is 16.6 Å². The summed E-state index contributed by atoms with van der Waals surface area (Å²) in [6.07, 6.45) is 1.70. The van der Waals surface area contributed by atoms with E-state index in [2.05, 4.69) is 20.9 Å². The molecule has 13 heavy (non-hydrogen) atoms. The highest BCUT2D eigenvalue weighted by Gasteiger charge is 2.01. The van der Waals surface area contributed by atoms with Gasteiger partial charge in [0.25, 0.3) is 0 Å². The Morgan fingerprint density at radius 1 is 1.54 bits per heavy atom. The summed E-state index contributed by atoms with van der Waals surface area (Å²) in [6, 6.07) is 3.75. The molecule has 3 nitrogen and oxygen atoms in total. The highest BCUT2D eigenvalue weighted by atomic mass is 79.9. The third-order valence-electron chi connectivity index (χ3n) is 1.44. The van der Waals surface area contributed by atoms with Crippen LogP contribution in [0.2, 0.25) is 0 Å². The second-order valence-corrected chi connectivity index (χ2v) is 5.04. The zero-order valence-electron chi connectivity index (χ0n) is 7.07. The Bertz CT molecular complexity index is 289. The summed E-state index contributed by atoms with van der Waals surface area (Å²) < 4.78 is 12.2. The molecule has 1 atom stereocenters. The Balaban J connectivity index is 2.54. The van der Waals surface area contributed by atoms with Crippen LogP contribution in [0.15, 0.2) is 22.8 Å². The first-order valence-corrected chi connectivity index (χ1v) is 6.16. The van der Waals surface area contributed by atoms with Gasteiger partial charge in [0.15, 0.2) is 0 Å². The molecule has 1 heterocycles. The van der Waals surface area contributed by atoms with Gasteiger partial charge >= 0.3 is 0 Å². The van der Waals surface area contributed by atoms with Gasteiger partial charge in [-0.1, -0.05) is 0 Å². The van der Waals surface area contributed by atoms with E-state index in [9.17, 15) is 4.21 Å². The SMILES string of the molecule is NCCS(=O)Cc1ccc(Br)cn1. The van der Waals surface area contributed by atoms with Crippen LogP contribution in [0.3, 0.4) is 0 Å². The summed E-state index contributed by atoms with van der Waals surface area (Å²) in [5.41, 5.74) is 6.13. The molecule has 0 aliphatic rings. The van der Waals surface area contributed by atoms with Crippen molar-refractivity contribution in [2.45, 2.75) is 5.75 Å². The van der Waals surface area contributed by atoms with Crippen molar-refractivity contribution < 1.29 is 4.21 Å². The first-order valence-electron chi connectivity index (χ1n) is 3.88. The van der Waals surface area contributed by atoms with Gasteiger partial charge < -0.3 is 5.73 Å². The lowest BCUT2D eigenvalue weighted by atomic mass is 10.4. The van der Waals surface area contributed by atoms with Gasteiger partial charge in [-0.2, -0.15) is 0 Å². The van der Waals surface area contributed by atoms with E-state index in [1.807, 2.05) is 12.1 Å². The van der Waals surface area contributed by atoms with Crippen molar-refractivity contribution in [1.82, 2.24) is 4.98 Å². The Morgan fingerprint density at radius 2 is 2.31 bits per heavy atom. The summed E-state index contributed by atoms with van der Waals surface area (Å²) in [4.78, 5) is 4.12. The average molecular weight is 263 g/mol. The monoisotopic (exact) mass is 262 g/mol. The van der Waals surface area contributed by atoms with E-state index in [-0.39, 0.29) is 0 Å². The lowest BCUT2D eigenvalue weighted by molar-refractivity contribution is 0.681. The van der Waals surface area contributed by atoms with Crippen LogP contribution < -0.4 is 5.73 Å². The van der Waals surface area contributed by atoms with E-state index in [0.717, 1.165) is 10.2 Å². The lowest BCUT2D eigenvalue weighted by Gasteiger charge is -1.99. The number of aromatic nitrogens is 1.